The Kier molecular flexibility index (Phi) is 2.78. The number of rotatable bonds is 3. The maximum absolute atomic E-state index is 12.1. The van der Waals surface area contributed by atoms with E-state index in [1.807, 2.05) is 6.07 Å². The molecule has 0 fully saturated rings. The lowest BCUT2D eigenvalue weighted by Crippen LogP contribution is -2.11. The molecule has 4 heteroatoms. The minimum Gasteiger partial charge on any atom is -0.477 e. The van der Waals surface area contributed by atoms with Gasteiger partial charge in [0, 0.05) is 12.6 Å². The van der Waals surface area contributed by atoms with Gasteiger partial charge in [0.05, 0.1) is 5.69 Å². The van der Waals surface area contributed by atoms with Crippen molar-refractivity contribution in [1.29, 1.82) is 0 Å². The molecule has 4 nitrogen and oxygen atoms in total. The Morgan fingerprint density at radius 3 is 2.12 bits per heavy atom. The van der Waals surface area contributed by atoms with Gasteiger partial charge in [0.15, 0.2) is 0 Å². The summed E-state index contributed by atoms with van der Waals surface area (Å²) in [6, 6.07) is 11.7. The summed E-state index contributed by atoms with van der Waals surface area (Å²) in [5.41, 5.74) is 1.02. The average Bonchev–Trinajstić information content (AvgIpc) is 2.71. The molecule has 0 bridgehead atoms. The van der Waals surface area contributed by atoms with Gasteiger partial charge in [-0.1, -0.05) is 30.3 Å². The minimum atomic E-state index is -1.04. The van der Waals surface area contributed by atoms with Crippen LogP contribution in [0.3, 0.4) is 0 Å². The molecule has 0 atom stereocenters. The van der Waals surface area contributed by atoms with E-state index in [1.54, 1.807) is 31.3 Å². The summed E-state index contributed by atoms with van der Waals surface area (Å²) in [4.78, 5) is 23.0. The van der Waals surface area contributed by atoms with E-state index < -0.39 is 5.97 Å². The zero-order valence-electron chi connectivity index (χ0n) is 9.25. The van der Waals surface area contributed by atoms with Crippen molar-refractivity contribution in [3.63, 3.8) is 0 Å². The molecule has 0 amide bonds. The normalized spacial score (nSPS) is 10.2. The van der Waals surface area contributed by atoms with Gasteiger partial charge in [-0.05, 0) is 12.1 Å². The Labute approximate surface area is 98.1 Å². The Bertz CT molecular complexity index is 570. The number of nitrogens with zero attached hydrogens (tertiary/aromatic N) is 1. The number of carbonyl (C=O) groups excluding carboxylic acids is 1. The lowest BCUT2D eigenvalue weighted by Gasteiger charge is -2.04. The Morgan fingerprint density at radius 1 is 1.00 bits per heavy atom. The summed E-state index contributed by atoms with van der Waals surface area (Å²) in [6.45, 7) is 0. The van der Waals surface area contributed by atoms with E-state index in [4.69, 9.17) is 5.11 Å². The average molecular weight is 229 g/mol. The highest BCUT2D eigenvalue weighted by Crippen LogP contribution is 2.13. The Hall–Kier alpha value is -2.36. The second kappa shape index (κ2) is 4.25. The fraction of sp³-hybridized carbons (Fsp3) is 0.0769. The number of hydrogen-bond donors (Lipinski definition) is 1. The van der Waals surface area contributed by atoms with Gasteiger partial charge in [-0.3, -0.25) is 4.79 Å². The summed E-state index contributed by atoms with van der Waals surface area (Å²) in [5.74, 6) is -1.22. The third-order valence-electron chi connectivity index (χ3n) is 2.61. The molecule has 0 spiro atoms. The number of aromatic carboxylic acids is 1. The summed E-state index contributed by atoms with van der Waals surface area (Å²) < 4.78 is 1.39. The standard InChI is InChI=1S/C13H11NO3/c1-14-10(7-8-11(14)13(16)17)12(15)9-5-3-2-4-6-9/h2-8H,1H3,(H,16,17). The molecule has 1 aromatic heterocycles. The van der Waals surface area contributed by atoms with E-state index >= 15 is 0 Å². The molecule has 0 radical (unpaired) electrons. The third kappa shape index (κ3) is 1.97. The van der Waals surface area contributed by atoms with E-state index in [0.29, 0.717) is 11.3 Å². The quantitative estimate of drug-likeness (QED) is 0.818. The van der Waals surface area contributed by atoms with Gasteiger partial charge in [-0.15, -0.1) is 0 Å². The largest absolute Gasteiger partial charge is 0.477 e. The van der Waals surface area contributed by atoms with Gasteiger partial charge < -0.3 is 9.67 Å². The number of hydrogen-bond acceptors (Lipinski definition) is 2. The van der Waals surface area contributed by atoms with Crippen molar-refractivity contribution in [2.75, 3.05) is 0 Å². The summed E-state index contributed by atoms with van der Waals surface area (Å²) in [5, 5.41) is 8.90. The predicted molar refractivity (Wildman–Crippen MR) is 62.2 cm³/mol. The number of aromatic nitrogens is 1. The summed E-state index contributed by atoms with van der Waals surface area (Å²) in [6.07, 6.45) is 0. The van der Waals surface area contributed by atoms with E-state index in [-0.39, 0.29) is 11.5 Å². The van der Waals surface area contributed by atoms with Crippen molar-refractivity contribution in [2.45, 2.75) is 0 Å². The van der Waals surface area contributed by atoms with Crippen LogP contribution in [-0.2, 0) is 7.05 Å². The van der Waals surface area contributed by atoms with Gasteiger partial charge >= 0.3 is 5.97 Å². The lowest BCUT2D eigenvalue weighted by atomic mass is 10.1. The highest BCUT2D eigenvalue weighted by atomic mass is 16.4. The molecule has 2 aromatic rings. The van der Waals surface area contributed by atoms with Gasteiger partial charge in [-0.2, -0.15) is 0 Å². The number of benzene rings is 1. The molecule has 1 N–H and O–H groups in total. The highest BCUT2D eigenvalue weighted by Gasteiger charge is 2.17. The maximum Gasteiger partial charge on any atom is 0.352 e. The predicted octanol–water partition coefficient (Wildman–Crippen LogP) is 1.95. The zero-order valence-corrected chi connectivity index (χ0v) is 9.25. The number of ketones is 1. The minimum absolute atomic E-state index is 0.101. The molecule has 0 saturated carbocycles. The molecule has 1 aromatic carbocycles. The lowest BCUT2D eigenvalue weighted by molar-refractivity contribution is 0.0686. The van der Waals surface area contributed by atoms with Gasteiger partial charge in [-0.25, -0.2) is 4.79 Å². The monoisotopic (exact) mass is 229 g/mol. The van der Waals surface area contributed by atoms with Crippen LogP contribution in [0.25, 0.3) is 0 Å². The van der Waals surface area contributed by atoms with Crippen LogP contribution in [0.2, 0.25) is 0 Å². The summed E-state index contributed by atoms with van der Waals surface area (Å²) in [7, 11) is 1.57. The molecule has 17 heavy (non-hydrogen) atoms. The van der Waals surface area contributed by atoms with Crippen LogP contribution in [0.1, 0.15) is 26.5 Å². The van der Waals surface area contributed by atoms with E-state index in [9.17, 15) is 9.59 Å². The van der Waals surface area contributed by atoms with Crippen LogP contribution in [-0.4, -0.2) is 21.4 Å². The van der Waals surface area contributed by atoms with Gasteiger partial charge in [0.25, 0.3) is 0 Å². The molecule has 0 unspecified atom stereocenters. The smallest absolute Gasteiger partial charge is 0.352 e. The molecule has 0 saturated heterocycles. The first-order chi connectivity index (χ1) is 8.11. The first-order valence-corrected chi connectivity index (χ1v) is 5.10. The second-order valence-electron chi connectivity index (χ2n) is 3.66. The molecular formula is C13H11NO3. The molecular weight excluding hydrogens is 218 g/mol. The molecule has 0 aliphatic rings. The van der Waals surface area contributed by atoms with Crippen molar-refractivity contribution in [3.8, 4) is 0 Å². The van der Waals surface area contributed by atoms with Crippen molar-refractivity contribution in [3.05, 3.63) is 59.4 Å². The van der Waals surface area contributed by atoms with Crippen molar-refractivity contribution in [2.24, 2.45) is 7.05 Å². The molecule has 2 rings (SSSR count). The molecule has 86 valence electrons. The third-order valence-corrected chi connectivity index (χ3v) is 2.61. The zero-order chi connectivity index (χ0) is 12.4. The SMILES string of the molecule is Cn1c(C(=O)O)ccc1C(=O)c1ccccc1. The van der Waals surface area contributed by atoms with Crippen molar-refractivity contribution < 1.29 is 14.7 Å². The topological polar surface area (TPSA) is 59.3 Å². The van der Waals surface area contributed by atoms with E-state index in [0.717, 1.165) is 0 Å². The maximum atomic E-state index is 12.1. The number of carbonyl (C=O) groups is 2. The van der Waals surface area contributed by atoms with Crippen LogP contribution in [0.4, 0.5) is 0 Å². The molecule has 0 aliphatic carbocycles. The van der Waals surface area contributed by atoms with Crippen LogP contribution >= 0.6 is 0 Å². The van der Waals surface area contributed by atoms with Crippen LogP contribution < -0.4 is 0 Å². The Morgan fingerprint density at radius 2 is 1.59 bits per heavy atom. The fourth-order valence-electron chi connectivity index (χ4n) is 1.69. The van der Waals surface area contributed by atoms with E-state index in [2.05, 4.69) is 0 Å². The molecule has 1 heterocycles. The van der Waals surface area contributed by atoms with Crippen molar-refractivity contribution >= 4 is 11.8 Å². The van der Waals surface area contributed by atoms with Crippen LogP contribution in [0.15, 0.2) is 42.5 Å². The first-order valence-electron chi connectivity index (χ1n) is 5.10. The fourth-order valence-corrected chi connectivity index (χ4v) is 1.69. The van der Waals surface area contributed by atoms with Gasteiger partial charge in [0.2, 0.25) is 5.78 Å². The number of carboxylic acids is 1. The second-order valence-corrected chi connectivity index (χ2v) is 3.66. The van der Waals surface area contributed by atoms with Crippen molar-refractivity contribution in [1.82, 2.24) is 4.57 Å². The summed E-state index contributed by atoms with van der Waals surface area (Å²) >= 11 is 0. The number of carboxylic acid groups (broad SMARTS) is 1. The van der Waals surface area contributed by atoms with E-state index in [1.165, 1.54) is 16.7 Å². The first kappa shape index (κ1) is 11.1. The highest BCUT2D eigenvalue weighted by molar-refractivity contribution is 6.08. The Balaban J connectivity index is 2.42. The van der Waals surface area contributed by atoms with Crippen LogP contribution in [0, 0.1) is 0 Å². The van der Waals surface area contributed by atoms with Gasteiger partial charge in [0.1, 0.15) is 5.69 Å². The van der Waals surface area contributed by atoms with Crippen LogP contribution in [0.5, 0.6) is 0 Å². The molecule has 0 aliphatic heterocycles.